The smallest absolute Gasteiger partial charge is 0.287 e. The number of nitrogens with one attached hydrogen (secondary N) is 1. The van der Waals surface area contributed by atoms with Gasteiger partial charge in [-0.3, -0.25) is 19.3 Å². The van der Waals surface area contributed by atoms with Crippen LogP contribution in [0.25, 0.3) is 11.0 Å². The number of fused-ring (bicyclic) bond motifs is 1. The molecule has 1 atom stereocenters. The van der Waals surface area contributed by atoms with Crippen molar-refractivity contribution in [3.8, 4) is 0 Å². The van der Waals surface area contributed by atoms with E-state index < -0.39 is 5.91 Å². The Morgan fingerprint density at radius 2 is 1.65 bits per heavy atom. The van der Waals surface area contributed by atoms with Crippen molar-refractivity contribution < 1.29 is 14.0 Å². The molecule has 0 bridgehead atoms. The molecule has 2 aliphatic rings. The number of carbonyl (C=O) groups excluding carboxylic acids is 2. The molecule has 2 fully saturated rings. The predicted octanol–water partition coefficient (Wildman–Crippen LogP) is 4.73. The molecule has 222 valence electrons. The zero-order chi connectivity index (χ0) is 29.8. The Bertz CT molecular complexity index is 1660. The van der Waals surface area contributed by atoms with Crippen LogP contribution in [-0.4, -0.2) is 66.9 Å². The van der Waals surface area contributed by atoms with Crippen LogP contribution in [-0.2, 0) is 17.8 Å². The normalized spacial score (nSPS) is 16.5. The van der Waals surface area contributed by atoms with Crippen molar-refractivity contribution in [1.29, 1.82) is 0 Å². The van der Waals surface area contributed by atoms with Crippen LogP contribution >= 0.6 is 11.6 Å². The Morgan fingerprint density at radius 1 is 0.907 bits per heavy atom. The van der Waals surface area contributed by atoms with Crippen LogP contribution in [0.1, 0.15) is 34.5 Å². The molecular weight excluding hydrogens is 564 g/mol. The monoisotopic (exact) mass is 598 g/mol. The molecule has 0 saturated carbocycles. The minimum atomic E-state index is -0.411. The summed E-state index contributed by atoms with van der Waals surface area (Å²) in [5, 5.41) is 4.24. The van der Waals surface area contributed by atoms with E-state index in [1.807, 2.05) is 35.2 Å². The van der Waals surface area contributed by atoms with Gasteiger partial charge in [0.2, 0.25) is 5.91 Å². The quantitative estimate of drug-likeness (QED) is 0.300. The lowest BCUT2D eigenvalue weighted by Gasteiger charge is -2.38. The molecule has 0 aliphatic carbocycles. The number of hydrogen-bond donors (Lipinski definition) is 1. The standard InChI is InChI=1S/C34H35ClN4O4/c35-26-13-11-24(12-14-26)20-27(36-34(42)32-21-30(40)28-7-2-4-9-31(28)43-32)23-37-16-18-38(19-17-37)29-8-3-1-6-25(29)22-39-15-5-10-33(39)41/h1-4,6-9,11-14,21,27H,5,10,15-20,22-23H2,(H,36,42)/t27-/m1/s1. The van der Waals surface area contributed by atoms with Crippen LogP contribution in [0.5, 0.6) is 0 Å². The second-order valence-corrected chi connectivity index (χ2v) is 11.7. The predicted molar refractivity (Wildman–Crippen MR) is 169 cm³/mol. The molecule has 3 aromatic carbocycles. The second-order valence-electron chi connectivity index (χ2n) is 11.3. The van der Waals surface area contributed by atoms with Crippen molar-refractivity contribution in [2.24, 2.45) is 0 Å². The number of benzene rings is 3. The zero-order valence-electron chi connectivity index (χ0n) is 24.0. The van der Waals surface area contributed by atoms with Crippen molar-refractivity contribution in [2.75, 3.05) is 44.2 Å². The number of carbonyl (C=O) groups is 2. The number of hydrogen-bond acceptors (Lipinski definition) is 6. The maximum atomic E-state index is 13.4. The molecule has 6 rings (SSSR count). The molecular formula is C34H35ClN4O4. The molecule has 4 aromatic rings. The van der Waals surface area contributed by atoms with E-state index in [2.05, 4.69) is 33.3 Å². The van der Waals surface area contributed by atoms with Gasteiger partial charge in [0.15, 0.2) is 11.2 Å². The lowest BCUT2D eigenvalue weighted by Crippen LogP contribution is -2.52. The third-order valence-corrected chi connectivity index (χ3v) is 8.56. The van der Waals surface area contributed by atoms with Gasteiger partial charge in [-0.25, -0.2) is 0 Å². The number of likely N-dealkylation sites (tertiary alicyclic amines) is 1. The summed E-state index contributed by atoms with van der Waals surface area (Å²) in [6, 6.07) is 24.0. The summed E-state index contributed by atoms with van der Waals surface area (Å²) < 4.78 is 5.82. The van der Waals surface area contributed by atoms with Gasteiger partial charge in [-0.2, -0.15) is 0 Å². The fraction of sp³-hybridized carbons (Fsp3) is 0.324. The molecule has 0 unspecified atom stereocenters. The Labute approximate surface area is 255 Å². The number of para-hydroxylation sites is 2. The molecule has 43 heavy (non-hydrogen) atoms. The summed E-state index contributed by atoms with van der Waals surface area (Å²) in [5.41, 5.74) is 3.56. The van der Waals surface area contributed by atoms with Gasteiger partial charge in [0, 0.05) is 75.1 Å². The zero-order valence-corrected chi connectivity index (χ0v) is 24.8. The van der Waals surface area contributed by atoms with E-state index in [0.29, 0.717) is 41.9 Å². The van der Waals surface area contributed by atoms with Gasteiger partial charge in [-0.05, 0) is 54.3 Å². The Morgan fingerprint density at radius 3 is 2.42 bits per heavy atom. The minimum Gasteiger partial charge on any atom is -0.451 e. The van der Waals surface area contributed by atoms with E-state index in [4.69, 9.17) is 16.0 Å². The van der Waals surface area contributed by atoms with E-state index >= 15 is 0 Å². The summed E-state index contributed by atoms with van der Waals surface area (Å²) in [5.74, 6) is -0.176. The van der Waals surface area contributed by atoms with Crippen LogP contribution < -0.4 is 15.6 Å². The van der Waals surface area contributed by atoms with E-state index in [0.717, 1.165) is 44.7 Å². The Kier molecular flexibility index (Phi) is 8.77. The number of halogens is 1. The largest absolute Gasteiger partial charge is 0.451 e. The average Bonchev–Trinajstić information content (AvgIpc) is 3.42. The molecule has 8 nitrogen and oxygen atoms in total. The third kappa shape index (κ3) is 6.92. The highest BCUT2D eigenvalue weighted by Gasteiger charge is 2.26. The molecule has 9 heteroatoms. The van der Waals surface area contributed by atoms with Crippen LogP contribution in [0, 0.1) is 0 Å². The van der Waals surface area contributed by atoms with Gasteiger partial charge in [-0.1, -0.05) is 54.1 Å². The topological polar surface area (TPSA) is 86.1 Å². The highest BCUT2D eigenvalue weighted by molar-refractivity contribution is 6.30. The highest BCUT2D eigenvalue weighted by atomic mass is 35.5. The van der Waals surface area contributed by atoms with Gasteiger partial charge < -0.3 is 19.5 Å². The van der Waals surface area contributed by atoms with Gasteiger partial charge in [0.1, 0.15) is 5.58 Å². The first kappa shape index (κ1) is 29.0. The van der Waals surface area contributed by atoms with Crippen LogP contribution in [0.4, 0.5) is 5.69 Å². The first-order chi connectivity index (χ1) is 20.9. The summed E-state index contributed by atoms with van der Waals surface area (Å²) >= 11 is 6.12. The maximum absolute atomic E-state index is 13.4. The van der Waals surface area contributed by atoms with E-state index in [1.165, 1.54) is 17.3 Å². The molecule has 1 aromatic heterocycles. The van der Waals surface area contributed by atoms with Crippen molar-refractivity contribution >= 4 is 40.1 Å². The number of nitrogens with zero attached hydrogens (tertiary/aromatic N) is 3. The van der Waals surface area contributed by atoms with Crippen LogP contribution in [0.2, 0.25) is 5.02 Å². The van der Waals surface area contributed by atoms with Gasteiger partial charge >= 0.3 is 0 Å². The number of piperazine rings is 1. The minimum absolute atomic E-state index is 0.00252. The fourth-order valence-corrected chi connectivity index (χ4v) is 6.18. The average molecular weight is 599 g/mol. The molecule has 3 heterocycles. The van der Waals surface area contributed by atoms with Crippen molar-refractivity contribution in [1.82, 2.24) is 15.1 Å². The van der Waals surface area contributed by atoms with Crippen LogP contribution in [0.3, 0.4) is 0 Å². The fourth-order valence-electron chi connectivity index (χ4n) is 6.05. The highest BCUT2D eigenvalue weighted by Crippen LogP contribution is 2.25. The lowest BCUT2D eigenvalue weighted by atomic mass is 10.0. The van der Waals surface area contributed by atoms with Gasteiger partial charge in [0.05, 0.1) is 5.39 Å². The molecule has 0 radical (unpaired) electrons. The summed E-state index contributed by atoms with van der Waals surface area (Å²) in [6.07, 6.45) is 2.18. The molecule has 0 spiro atoms. The summed E-state index contributed by atoms with van der Waals surface area (Å²) in [4.78, 5) is 44.9. The Balaban J connectivity index is 1.14. The van der Waals surface area contributed by atoms with Gasteiger partial charge in [-0.15, -0.1) is 0 Å². The number of anilines is 1. The van der Waals surface area contributed by atoms with E-state index in [1.54, 1.807) is 24.3 Å². The number of amides is 2. The lowest BCUT2D eigenvalue weighted by molar-refractivity contribution is -0.128. The maximum Gasteiger partial charge on any atom is 0.287 e. The summed E-state index contributed by atoms with van der Waals surface area (Å²) in [6.45, 7) is 5.45. The third-order valence-electron chi connectivity index (χ3n) is 8.30. The van der Waals surface area contributed by atoms with Crippen molar-refractivity contribution in [2.45, 2.75) is 31.8 Å². The second kappa shape index (κ2) is 13.0. The summed E-state index contributed by atoms with van der Waals surface area (Å²) in [7, 11) is 0. The first-order valence-electron chi connectivity index (χ1n) is 14.8. The Hall–Kier alpha value is -4.14. The van der Waals surface area contributed by atoms with Crippen molar-refractivity contribution in [3.63, 3.8) is 0 Å². The van der Waals surface area contributed by atoms with Gasteiger partial charge in [0.25, 0.3) is 5.91 Å². The van der Waals surface area contributed by atoms with Crippen molar-refractivity contribution in [3.05, 3.63) is 111 Å². The van der Waals surface area contributed by atoms with E-state index in [-0.39, 0.29) is 23.1 Å². The molecule has 2 amide bonds. The first-order valence-corrected chi connectivity index (χ1v) is 15.2. The van der Waals surface area contributed by atoms with Crippen LogP contribution in [0.15, 0.2) is 88.1 Å². The molecule has 2 aliphatic heterocycles. The van der Waals surface area contributed by atoms with E-state index in [9.17, 15) is 14.4 Å². The molecule has 2 saturated heterocycles. The number of rotatable bonds is 9. The molecule has 1 N–H and O–H groups in total. The SMILES string of the molecule is O=C(N[C@H](Cc1ccc(Cl)cc1)CN1CCN(c2ccccc2CN2CCCC2=O)CC1)c1cc(=O)c2ccccc2o1.